The van der Waals surface area contributed by atoms with Crippen molar-refractivity contribution in [3.63, 3.8) is 0 Å². The lowest BCUT2D eigenvalue weighted by Crippen LogP contribution is -2.36. The van der Waals surface area contributed by atoms with Crippen molar-refractivity contribution in [1.29, 1.82) is 0 Å². The summed E-state index contributed by atoms with van der Waals surface area (Å²) in [7, 11) is 2.00. The van der Waals surface area contributed by atoms with E-state index in [1.807, 2.05) is 18.9 Å². The number of rotatable bonds is 3. The molecule has 4 heteroatoms. The Labute approximate surface area is 88.6 Å². The van der Waals surface area contributed by atoms with Crippen LogP contribution in [0.5, 0.6) is 0 Å². The van der Waals surface area contributed by atoms with Crippen molar-refractivity contribution >= 4 is 28.7 Å². The summed E-state index contributed by atoms with van der Waals surface area (Å²) in [6.45, 7) is 3.81. The summed E-state index contributed by atoms with van der Waals surface area (Å²) in [5.41, 5.74) is 1.31. The van der Waals surface area contributed by atoms with Crippen molar-refractivity contribution in [2.75, 3.05) is 13.6 Å². The highest BCUT2D eigenvalue weighted by molar-refractivity contribution is 7.80. The van der Waals surface area contributed by atoms with Gasteiger partial charge >= 0.3 is 0 Å². The first-order valence-electron chi connectivity index (χ1n) is 4.24. The normalized spacial score (nSPS) is 9.69. The molecule has 0 aromatic carbocycles. The van der Waals surface area contributed by atoms with E-state index >= 15 is 0 Å². The van der Waals surface area contributed by atoms with Crippen molar-refractivity contribution in [3.05, 3.63) is 22.4 Å². The van der Waals surface area contributed by atoms with Crippen LogP contribution in [-0.4, -0.2) is 23.6 Å². The summed E-state index contributed by atoms with van der Waals surface area (Å²) in [6.07, 6.45) is 0. The van der Waals surface area contributed by atoms with Crippen LogP contribution in [0, 0.1) is 0 Å². The van der Waals surface area contributed by atoms with Crippen LogP contribution in [0.2, 0.25) is 0 Å². The van der Waals surface area contributed by atoms with Crippen molar-refractivity contribution in [2.45, 2.75) is 13.5 Å². The van der Waals surface area contributed by atoms with Gasteiger partial charge in [-0.1, -0.05) is 0 Å². The molecule has 13 heavy (non-hydrogen) atoms. The summed E-state index contributed by atoms with van der Waals surface area (Å²) in [6, 6.07) is 2.12. The van der Waals surface area contributed by atoms with Crippen LogP contribution < -0.4 is 5.32 Å². The third-order valence-corrected chi connectivity index (χ3v) is 2.86. The van der Waals surface area contributed by atoms with Crippen molar-refractivity contribution in [2.24, 2.45) is 0 Å². The van der Waals surface area contributed by atoms with Gasteiger partial charge in [0.05, 0.1) is 0 Å². The van der Waals surface area contributed by atoms with Crippen molar-refractivity contribution in [1.82, 2.24) is 10.2 Å². The third kappa shape index (κ3) is 3.32. The summed E-state index contributed by atoms with van der Waals surface area (Å²) >= 11 is 6.88. The van der Waals surface area contributed by atoms with E-state index in [-0.39, 0.29) is 0 Å². The van der Waals surface area contributed by atoms with Gasteiger partial charge in [-0.05, 0) is 41.5 Å². The van der Waals surface area contributed by atoms with Gasteiger partial charge < -0.3 is 10.2 Å². The second-order valence-corrected chi connectivity index (χ2v) is 3.99. The third-order valence-electron chi connectivity index (χ3n) is 1.67. The first kappa shape index (κ1) is 10.5. The fourth-order valence-electron chi connectivity index (χ4n) is 1.01. The van der Waals surface area contributed by atoms with E-state index < -0.39 is 0 Å². The molecule has 0 saturated heterocycles. The van der Waals surface area contributed by atoms with E-state index in [9.17, 15) is 0 Å². The predicted molar refractivity (Wildman–Crippen MR) is 62.1 cm³/mol. The van der Waals surface area contributed by atoms with Gasteiger partial charge in [0.2, 0.25) is 0 Å². The molecule has 1 rings (SSSR count). The molecule has 2 nitrogen and oxygen atoms in total. The highest BCUT2D eigenvalue weighted by Gasteiger charge is 2.03. The Kier molecular flexibility index (Phi) is 4.18. The first-order valence-corrected chi connectivity index (χ1v) is 5.59. The monoisotopic (exact) mass is 214 g/mol. The smallest absolute Gasteiger partial charge is 0.168 e. The van der Waals surface area contributed by atoms with Gasteiger partial charge in [-0.3, -0.25) is 0 Å². The fourth-order valence-corrected chi connectivity index (χ4v) is 1.88. The van der Waals surface area contributed by atoms with E-state index in [0.717, 1.165) is 18.2 Å². The summed E-state index contributed by atoms with van der Waals surface area (Å²) < 4.78 is 0. The molecule has 0 unspecified atom stereocenters. The number of hydrogen-bond acceptors (Lipinski definition) is 2. The molecule has 0 atom stereocenters. The SMILES string of the molecule is CCNC(=S)N(C)Cc1ccsc1. The van der Waals surface area contributed by atoms with E-state index in [1.54, 1.807) is 11.3 Å². The Balaban J connectivity index is 2.41. The number of thiocarbonyl (C=S) groups is 1. The lowest BCUT2D eigenvalue weighted by atomic mass is 10.3. The lowest BCUT2D eigenvalue weighted by Gasteiger charge is -2.19. The fraction of sp³-hybridized carbons (Fsp3) is 0.444. The summed E-state index contributed by atoms with van der Waals surface area (Å²) in [4.78, 5) is 2.04. The molecule has 1 heterocycles. The lowest BCUT2D eigenvalue weighted by molar-refractivity contribution is 0.492. The maximum atomic E-state index is 5.17. The molecule has 0 aliphatic heterocycles. The molecule has 72 valence electrons. The van der Waals surface area contributed by atoms with Gasteiger partial charge in [-0.25, -0.2) is 0 Å². The zero-order valence-corrected chi connectivity index (χ0v) is 9.54. The minimum Gasteiger partial charge on any atom is -0.363 e. The second kappa shape index (κ2) is 5.19. The van der Waals surface area contributed by atoms with Crippen LogP contribution in [0.3, 0.4) is 0 Å². The zero-order chi connectivity index (χ0) is 9.68. The maximum Gasteiger partial charge on any atom is 0.168 e. The molecule has 0 aliphatic rings. The van der Waals surface area contributed by atoms with Gasteiger partial charge in [0.25, 0.3) is 0 Å². The van der Waals surface area contributed by atoms with Gasteiger partial charge in [-0.2, -0.15) is 11.3 Å². The van der Waals surface area contributed by atoms with Crippen molar-refractivity contribution in [3.8, 4) is 0 Å². The predicted octanol–water partition coefficient (Wildman–Crippen LogP) is 2.07. The van der Waals surface area contributed by atoms with Crippen LogP contribution in [-0.2, 0) is 6.54 Å². The molecule has 1 N–H and O–H groups in total. The van der Waals surface area contributed by atoms with Crippen LogP contribution in [0.25, 0.3) is 0 Å². The molecule has 0 bridgehead atoms. The van der Waals surface area contributed by atoms with Crippen molar-refractivity contribution < 1.29 is 0 Å². The standard InChI is InChI=1S/C9H14N2S2/c1-3-10-9(12)11(2)6-8-4-5-13-7-8/h4-5,7H,3,6H2,1-2H3,(H,10,12). The highest BCUT2D eigenvalue weighted by Crippen LogP contribution is 2.08. The topological polar surface area (TPSA) is 15.3 Å². The highest BCUT2D eigenvalue weighted by atomic mass is 32.1. The maximum absolute atomic E-state index is 5.17. The number of nitrogens with one attached hydrogen (secondary N) is 1. The molecule has 0 aliphatic carbocycles. The van der Waals surface area contributed by atoms with Crippen LogP contribution in [0.4, 0.5) is 0 Å². The second-order valence-electron chi connectivity index (χ2n) is 2.82. The number of thiophene rings is 1. The van der Waals surface area contributed by atoms with E-state index in [4.69, 9.17) is 12.2 Å². The largest absolute Gasteiger partial charge is 0.363 e. The Bertz CT molecular complexity index is 257. The Morgan fingerprint density at radius 1 is 1.69 bits per heavy atom. The van der Waals surface area contributed by atoms with E-state index in [2.05, 4.69) is 22.1 Å². The molecule has 0 radical (unpaired) electrons. The van der Waals surface area contributed by atoms with Crippen LogP contribution in [0.15, 0.2) is 16.8 Å². The molecule has 0 spiro atoms. The molecule has 1 aromatic rings. The average molecular weight is 214 g/mol. The minimum atomic E-state index is 0.814. The van der Waals surface area contributed by atoms with E-state index in [0.29, 0.717) is 0 Å². The molecule has 0 fully saturated rings. The van der Waals surface area contributed by atoms with E-state index in [1.165, 1.54) is 5.56 Å². The van der Waals surface area contributed by atoms with Gasteiger partial charge in [0.1, 0.15) is 0 Å². The molecular weight excluding hydrogens is 200 g/mol. The first-order chi connectivity index (χ1) is 6.24. The summed E-state index contributed by atoms with van der Waals surface area (Å²) in [5, 5.41) is 8.16. The summed E-state index contributed by atoms with van der Waals surface area (Å²) in [5.74, 6) is 0. The van der Waals surface area contributed by atoms with Gasteiger partial charge in [0.15, 0.2) is 5.11 Å². The minimum absolute atomic E-state index is 0.814. The van der Waals surface area contributed by atoms with Crippen LogP contribution >= 0.6 is 23.6 Å². The van der Waals surface area contributed by atoms with Gasteiger partial charge in [0, 0.05) is 20.1 Å². The number of nitrogens with zero attached hydrogens (tertiary/aromatic N) is 1. The molecule has 1 aromatic heterocycles. The molecular formula is C9H14N2S2. The Hall–Kier alpha value is -0.610. The molecule has 0 saturated carbocycles. The molecule has 0 amide bonds. The number of hydrogen-bond donors (Lipinski definition) is 1. The quantitative estimate of drug-likeness (QED) is 0.776. The Morgan fingerprint density at radius 2 is 2.46 bits per heavy atom. The van der Waals surface area contributed by atoms with Gasteiger partial charge in [-0.15, -0.1) is 0 Å². The average Bonchev–Trinajstić information content (AvgIpc) is 2.57. The zero-order valence-electron chi connectivity index (χ0n) is 7.91. The van der Waals surface area contributed by atoms with Crippen LogP contribution in [0.1, 0.15) is 12.5 Å². The Morgan fingerprint density at radius 3 is 3.00 bits per heavy atom.